The first-order chi connectivity index (χ1) is 6.65. The highest BCUT2D eigenvalue weighted by Gasteiger charge is 2.11. The number of halogens is 2. The average Bonchev–Trinajstić information content (AvgIpc) is 2.16. The van der Waals surface area contributed by atoms with Crippen LogP contribution in [0.25, 0.3) is 0 Å². The molecule has 84 valence electrons. The van der Waals surface area contributed by atoms with Gasteiger partial charge in [0.15, 0.2) is 0 Å². The maximum Gasteiger partial charge on any atom is 0.288 e. The van der Waals surface area contributed by atoms with E-state index in [1.807, 2.05) is 0 Å². The quantitative estimate of drug-likeness (QED) is 0.660. The zero-order chi connectivity index (χ0) is 10.6. The lowest BCUT2D eigenvalue weighted by Gasteiger charge is -2.00. The molecule has 1 aromatic rings. The molecule has 4 nitrogen and oxygen atoms in total. The van der Waals surface area contributed by atoms with Crippen LogP contribution in [0.3, 0.4) is 0 Å². The highest BCUT2D eigenvalue weighted by molar-refractivity contribution is 6.32. The maximum absolute atomic E-state index is 10.5. The van der Waals surface area contributed by atoms with Crippen molar-refractivity contribution in [1.82, 2.24) is 0 Å². The van der Waals surface area contributed by atoms with Gasteiger partial charge in [0.05, 0.1) is 4.92 Å². The van der Waals surface area contributed by atoms with Crippen LogP contribution in [0.15, 0.2) is 18.2 Å². The van der Waals surface area contributed by atoms with E-state index in [9.17, 15) is 10.1 Å². The minimum Gasteiger partial charge on any atom is -0.330 e. The molecule has 0 spiro atoms. The molecule has 0 heterocycles. The largest absolute Gasteiger partial charge is 0.330 e. The first kappa shape index (κ1) is 14.2. The average molecular weight is 251 g/mol. The first-order valence-corrected chi connectivity index (χ1v) is 4.66. The third-order valence-electron chi connectivity index (χ3n) is 1.88. The number of rotatable bonds is 4. The lowest BCUT2D eigenvalue weighted by molar-refractivity contribution is -0.384. The van der Waals surface area contributed by atoms with Crippen LogP contribution in [0, 0.1) is 10.1 Å². The third kappa shape index (κ3) is 4.03. The number of nitro groups is 1. The predicted molar refractivity (Wildman–Crippen MR) is 62.7 cm³/mol. The zero-order valence-corrected chi connectivity index (χ0v) is 9.55. The van der Waals surface area contributed by atoms with Gasteiger partial charge in [0.25, 0.3) is 5.69 Å². The van der Waals surface area contributed by atoms with Crippen LogP contribution in [0.2, 0.25) is 5.02 Å². The molecular formula is C9H12Cl2N2O2. The molecule has 0 unspecified atom stereocenters. The molecule has 0 atom stereocenters. The summed E-state index contributed by atoms with van der Waals surface area (Å²) in [6.45, 7) is 0.580. The molecule has 0 radical (unpaired) electrons. The molecule has 0 saturated carbocycles. The van der Waals surface area contributed by atoms with Gasteiger partial charge in [-0.25, -0.2) is 0 Å². The number of hydrogen-bond donors (Lipinski definition) is 1. The van der Waals surface area contributed by atoms with Crippen molar-refractivity contribution >= 4 is 29.7 Å². The van der Waals surface area contributed by atoms with Gasteiger partial charge in [-0.3, -0.25) is 10.1 Å². The summed E-state index contributed by atoms with van der Waals surface area (Å²) in [7, 11) is 0. The highest BCUT2D eigenvalue weighted by Crippen LogP contribution is 2.25. The normalized spacial score (nSPS) is 9.47. The number of nitro benzene ring substituents is 1. The van der Waals surface area contributed by atoms with Crippen molar-refractivity contribution in [3.05, 3.63) is 38.9 Å². The topological polar surface area (TPSA) is 69.2 Å². The van der Waals surface area contributed by atoms with E-state index in [-0.39, 0.29) is 23.1 Å². The Morgan fingerprint density at radius 3 is 2.67 bits per heavy atom. The van der Waals surface area contributed by atoms with Gasteiger partial charge < -0.3 is 5.73 Å². The zero-order valence-electron chi connectivity index (χ0n) is 7.98. The highest BCUT2D eigenvalue weighted by atomic mass is 35.5. The van der Waals surface area contributed by atoms with Crippen molar-refractivity contribution in [2.75, 3.05) is 6.54 Å². The molecule has 0 aliphatic rings. The Balaban J connectivity index is 0.00000196. The fraction of sp³-hybridized carbons (Fsp3) is 0.333. The molecule has 0 aliphatic carbocycles. The van der Waals surface area contributed by atoms with E-state index < -0.39 is 4.92 Å². The fourth-order valence-electron chi connectivity index (χ4n) is 1.16. The van der Waals surface area contributed by atoms with Crippen LogP contribution in [-0.2, 0) is 6.42 Å². The third-order valence-corrected chi connectivity index (χ3v) is 2.20. The van der Waals surface area contributed by atoms with Crippen LogP contribution < -0.4 is 5.73 Å². The molecule has 0 saturated heterocycles. The van der Waals surface area contributed by atoms with Gasteiger partial charge in [0.2, 0.25) is 0 Å². The van der Waals surface area contributed by atoms with Crippen molar-refractivity contribution in [3.63, 3.8) is 0 Å². The summed E-state index contributed by atoms with van der Waals surface area (Å²) in [4.78, 5) is 10.1. The molecule has 15 heavy (non-hydrogen) atoms. The van der Waals surface area contributed by atoms with Gasteiger partial charge in [-0.05, 0) is 31.0 Å². The molecule has 1 rings (SSSR count). The standard InChI is InChI=1S/C9H11ClN2O2.ClH/c10-8-4-3-7(2-1-5-11)6-9(8)12(13)14;/h3-4,6H,1-2,5,11H2;1H. The van der Waals surface area contributed by atoms with Crippen molar-refractivity contribution < 1.29 is 4.92 Å². The predicted octanol–water partition coefficient (Wildman–Crippen LogP) is 2.56. The smallest absolute Gasteiger partial charge is 0.288 e. The van der Waals surface area contributed by atoms with E-state index in [0.717, 1.165) is 18.4 Å². The molecule has 0 aliphatic heterocycles. The summed E-state index contributed by atoms with van der Waals surface area (Å²) in [6, 6.07) is 4.83. The summed E-state index contributed by atoms with van der Waals surface area (Å²) in [5.41, 5.74) is 6.20. The Hall–Kier alpha value is -0.840. The summed E-state index contributed by atoms with van der Waals surface area (Å²) in [5, 5.41) is 10.7. The molecule has 1 aromatic carbocycles. The van der Waals surface area contributed by atoms with Crippen LogP contribution in [0.1, 0.15) is 12.0 Å². The minimum absolute atomic E-state index is 0. The second-order valence-electron chi connectivity index (χ2n) is 2.94. The summed E-state index contributed by atoms with van der Waals surface area (Å²) < 4.78 is 0. The molecule has 6 heteroatoms. The van der Waals surface area contributed by atoms with Crippen molar-refractivity contribution in [2.24, 2.45) is 5.73 Å². The molecule has 2 N–H and O–H groups in total. The fourth-order valence-corrected chi connectivity index (χ4v) is 1.35. The molecular weight excluding hydrogens is 239 g/mol. The van der Waals surface area contributed by atoms with Crippen LogP contribution in [-0.4, -0.2) is 11.5 Å². The van der Waals surface area contributed by atoms with Crippen molar-refractivity contribution in [1.29, 1.82) is 0 Å². The SMILES string of the molecule is Cl.NCCCc1ccc(Cl)c([N+](=O)[O-])c1. The molecule has 0 aromatic heterocycles. The van der Waals surface area contributed by atoms with Gasteiger partial charge in [-0.15, -0.1) is 12.4 Å². The second kappa shape index (κ2) is 6.61. The number of hydrogen-bond acceptors (Lipinski definition) is 3. The second-order valence-corrected chi connectivity index (χ2v) is 3.34. The Labute approximate surface area is 99.0 Å². The Kier molecular flexibility index (Phi) is 6.24. The molecule has 0 fully saturated rings. The van der Waals surface area contributed by atoms with E-state index in [2.05, 4.69) is 0 Å². The summed E-state index contributed by atoms with van der Waals surface area (Å²) in [5.74, 6) is 0. The summed E-state index contributed by atoms with van der Waals surface area (Å²) >= 11 is 5.66. The van der Waals surface area contributed by atoms with Crippen LogP contribution >= 0.6 is 24.0 Å². The monoisotopic (exact) mass is 250 g/mol. The lowest BCUT2D eigenvalue weighted by atomic mass is 10.1. The molecule has 0 bridgehead atoms. The van der Waals surface area contributed by atoms with Crippen LogP contribution in [0.4, 0.5) is 5.69 Å². The Morgan fingerprint density at radius 1 is 1.47 bits per heavy atom. The van der Waals surface area contributed by atoms with Gasteiger partial charge in [0.1, 0.15) is 5.02 Å². The number of benzene rings is 1. The van der Waals surface area contributed by atoms with E-state index in [1.165, 1.54) is 6.07 Å². The Bertz CT molecular complexity index is 345. The summed E-state index contributed by atoms with van der Waals surface area (Å²) in [6.07, 6.45) is 1.56. The van der Waals surface area contributed by atoms with Crippen molar-refractivity contribution in [2.45, 2.75) is 12.8 Å². The van der Waals surface area contributed by atoms with Gasteiger partial charge in [-0.1, -0.05) is 17.7 Å². The number of nitrogens with zero attached hydrogens (tertiary/aromatic N) is 1. The van der Waals surface area contributed by atoms with E-state index in [1.54, 1.807) is 12.1 Å². The van der Waals surface area contributed by atoms with Gasteiger partial charge in [-0.2, -0.15) is 0 Å². The molecule has 0 amide bonds. The van der Waals surface area contributed by atoms with E-state index in [4.69, 9.17) is 17.3 Å². The van der Waals surface area contributed by atoms with Gasteiger partial charge >= 0.3 is 0 Å². The number of nitrogens with two attached hydrogens (primary N) is 1. The Morgan fingerprint density at radius 2 is 2.13 bits per heavy atom. The number of aryl methyl sites for hydroxylation is 1. The van der Waals surface area contributed by atoms with Gasteiger partial charge in [0, 0.05) is 6.07 Å². The minimum atomic E-state index is -0.478. The van der Waals surface area contributed by atoms with E-state index >= 15 is 0 Å². The van der Waals surface area contributed by atoms with Crippen molar-refractivity contribution in [3.8, 4) is 0 Å². The maximum atomic E-state index is 10.5. The first-order valence-electron chi connectivity index (χ1n) is 4.28. The van der Waals surface area contributed by atoms with Crippen LogP contribution in [0.5, 0.6) is 0 Å². The lowest BCUT2D eigenvalue weighted by Crippen LogP contribution is -2.00. The van der Waals surface area contributed by atoms with E-state index in [0.29, 0.717) is 6.54 Å².